The van der Waals surface area contributed by atoms with Gasteiger partial charge in [-0.3, -0.25) is 4.79 Å². The molecule has 2 heterocycles. The highest BCUT2D eigenvalue weighted by atomic mass is 19.4. The SMILES string of the molecule is O=C(c1cccc(C(F)(F)F)c1)N1CCC(Nc2ccncn2)CC1. The number of likely N-dealkylation sites (tertiary alicyclic amines) is 1. The van der Waals surface area contributed by atoms with Gasteiger partial charge in [-0.05, 0) is 37.1 Å². The number of nitrogens with one attached hydrogen (secondary N) is 1. The van der Waals surface area contributed by atoms with E-state index in [-0.39, 0.29) is 17.5 Å². The Labute approximate surface area is 142 Å². The van der Waals surface area contributed by atoms with Crippen molar-refractivity contribution in [2.24, 2.45) is 0 Å². The Balaban J connectivity index is 1.60. The molecule has 1 aliphatic rings. The van der Waals surface area contributed by atoms with Gasteiger partial charge in [-0.1, -0.05) is 6.07 Å². The van der Waals surface area contributed by atoms with Crippen LogP contribution in [-0.4, -0.2) is 39.9 Å². The van der Waals surface area contributed by atoms with Gasteiger partial charge < -0.3 is 10.2 Å². The van der Waals surface area contributed by atoms with E-state index in [9.17, 15) is 18.0 Å². The zero-order valence-corrected chi connectivity index (χ0v) is 13.3. The van der Waals surface area contributed by atoms with E-state index in [1.807, 2.05) is 0 Å². The largest absolute Gasteiger partial charge is 0.416 e. The third-order valence-electron chi connectivity index (χ3n) is 4.15. The number of alkyl halides is 3. The van der Waals surface area contributed by atoms with E-state index in [1.165, 1.54) is 18.5 Å². The Morgan fingerprint density at radius 1 is 1.20 bits per heavy atom. The van der Waals surface area contributed by atoms with Gasteiger partial charge in [0.15, 0.2) is 0 Å². The Morgan fingerprint density at radius 3 is 2.60 bits per heavy atom. The van der Waals surface area contributed by atoms with Crippen molar-refractivity contribution in [3.63, 3.8) is 0 Å². The summed E-state index contributed by atoms with van der Waals surface area (Å²) in [6.45, 7) is 0.968. The number of amides is 1. The highest BCUT2D eigenvalue weighted by molar-refractivity contribution is 5.94. The molecule has 8 heteroatoms. The summed E-state index contributed by atoms with van der Waals surface area (Å²) in [7, 11) is 0. The second-order valence-corrected chi connectivity index (χ2v) is 5.88. The van der Waals surface area contributed by atoms with E-state index in [4.69, 9.17) is 0 Å². The third-order valence-corrected chi connectivity index (χ3v) is 4.15. The summed E-state index contributed by atoms with van der Waals surface area (Å²) in [6, 6.07) is 6.49. The lowest BCUT2D eigenvalue weighted by molar-refractivity contribution is -0.137. The Hall–Kier alpha value is -2.64. The van der Waals surface area contributed by atoms with Gasteiger partial charge in [0.25, 0.3) is 5.91 Å². The predicted octanol–water partition coefficient (Wildman–Crippen LogP) is 3.21. The number of nitrogens with zero attached hydrogens (tertiary/aromatic N) is 3. The number of benzene rings is 1. The molecule has 1 aromatic carbocycles. The predicted molar refractivity (Wildman–Crippen MR) is 86.0 cm³/mol. The first-order valence-electron chi connectivity index (χ1n) is 7.92. The van der Waals surface area contributed by atoms with Gasteiger partial charge in [0.2, 0.25) is 0 Å². The summed E-state index contributed by atoms with van der Waals surface area (Å²) >= 11 is 0. The number of halogens is 3. The lowest BCUT2D eigenvalue weighted by Gasteiger charge is -2.32. The molecular formula is C17H17F3N4O. The molecule has 1 amide bonds. The molecule has 132 valence electrons. The molecule has 1 saturated heterocycles. The quantitative estimate of drug-likeness (QED) is 0.924. The van der Waals surface area contributed by atoms with Gasteiger partial charge in [0.05, 0.1) is 5.56 Å². The normalized spacial score (nSPS) is 15.9. The van der Waals surface area contributed by atoms with Crippen LogP contribution in [0.3, 0.4) is 0 Å². The molecule has 1 fully saturated rings. The van der Waals surface area contributed by atoms with Crippen LogP contribution in [0.5, 0.6) is 0 Å². The van der Waals surface area contributed by atoms with Crippen molar-refractivity contribution in [3.8, 4) is 0 Å². The van der Waals surface area contributed by atoms with Crippen molar-refractivity contribution in [3.05, 3.63) is 54.0 Å². The number of carbonyl (C=O) groups is 1. The van der Waals surface area contributed by atoms with Crippen molar-refractivity contribution in [2.75, 3.05) is 18.4 Å². The van der Waals surface area contributed by atoms with Crippen molar-refractivity contribution in [1.82, 2.24) is 14.9 Å². The van der Waals surface area contributed by atoms with Crippen LogP contribution in [0.4, 0.5) is 19.0 Å². The van der Waals surface area contributed by atoms with Gasteiger partial charge in [0, 0.05) is 30.9 Å². The van der Waals surface area contributed by atoms with Crippen LogP contribution < -0.4 is 5.32 Å². The maximum atomic E-state index is 12.8. The zero-order valence-electron chi connectivity index (χ0n) is 13.3. The average Bonchev–Trinajstić information content (AvgIpc) is 2.62. The molecular weight excluding hydrogens is 333 g/mol. The van der Waals surface area contributed by atoms with E-state index in [0.29, 0.717) is 25.9 Å². The Kier molecular flexibility index (Phi) is 4.87. The first-order chi connectivity index (χ1) is 11.9. The van der Waals surface area contributed by atoms with E-state index < -0.39 is 11.7 Å². The molecule has 1 aromatic heterocycles. The van der Waals surface area contributed by atoms with Crippen molar-refractivity contribution in [1.29, 1.82) is 0 Å². The average molecular weight is 350 g/mol. The topological polar surface area (TPSA) is 58.1 Å². The molecule has 0 saturated carbocycles. The molecule has 2 aromatic rings. The zero-order chi connectivity index (χ0) is 17.9. The van der Waals surface area contributed by atoms with Gasteiger partial charge in [0.1, 0.15) is 12.1 Å². The van der Waals surface area contributed by atoms with Crippen molar-refractivity contribution < 1.29 is 18.0 Å². The highest BCUT2D eigenvalue weighted by Crippen LogP contribution is 2.30. The minimum Gasteiger partial charge on any atom is -0.367 e. The minimum absolute atomic E-state index is 0.0667. The fraction of sp³-hybridized carbons (Fsp3) is 0.353. The number of aromatic nitrogens is 2. The highest BCUT2D eigenvalue weighted by Gasteiger charge is 2.31. The maximum Gasteiger partial charge on any atom is 0.416 e. The summed E-state index contributed by atoms with van der Waals surface area (Å²) in [5.41, 5.74) is -0.740. The molecule has 0 bridgehead atoms. The molecule has 0 radical (unpaired) electrons. The van der Waals surface area contributed by atoms with Crippen molar-refractivity contribution in [2.45, 2.75) is 25.1 Å². The van der Waals surface area contributed by atoms with Gasteiger partial charge in [-0.25, -0.2) is 9.97 Å². The molecule has 25 heavy (non-hydrogen) atoms. The lowest BCUT2D eigenvalue weighted by Crippen LogP contribution is -2.42. The first-order valence-corrected chi connectivity index (χ1v) is 7.92. The van der Waals surface area contributed by atoms with Crippen LogP contribution in [0, 0.1) is 0 Å². The van der Waals surface area contributed by atoms with Gasteiger partial charge in [-0.15, -0.1) is 0 Å². The maximum absolute atomic E-state index is 12.8. The third kappa shape index (κ3) is 4.26. The van der Waals surface area contributed by atoms with Crippen LogP contribution >= 0.6 is 0 Å². The molecule has 0 aliphatic carbocycles. The van der Waals surface area contributed by atoms with E-state index in [1.54, 1.807) is 17.2 Å². The van der Waals surface area contributed by atoms with Crippen LogP contribution in [0.1, 0.15) is 28.8 Å². The van der Waals surface area contributed by atoms with Crippen LogP contribution in [0.15, 0.2) is 42.9 Å². The summed E-state index contributed by atoms with van der Waals surface area (Å²) in [6.07, 6.45) is 0.0460. The second kappa shape index (κ2) is 7.08. The molecule has 1 aliphatic heterocycles. The molecule has 1 N–H and O–H groups in total. The van der Waals surface area contributed by atoms with Crippen molar-refractivity contribution >= 4 is 11.7 Å². The number of piperidine rings is 1. The number of rotatable bonds is 3. The van der Waals surface area contributed by atoms with E-state index >= 15 is 0 Å². The van der Waals surface area contributed by atoms with E-state index in [2.05, 4.69) is 15.3 Å². The molecule has 0 spiro atoms. The summed E-state index contributed by atoms with van der Waals surface area (Å²) in [5.74, 6) is 0.351. The number of hydrogen-bond donors (Lipinski definition) is 1. The monoisotopic (exact) mass is 350 g/mol. The fourth-order valence-electron chi connectivity index (χ4n) is 2.82. The number of hydrogen-bond acceptors (Lipinski definition) is 4. The molecule has 5 nitrogen and oxygen atoms in total. The van der Waals surface area contributed by atoms with Gasteiger partial charge in [-0.2, -0.15) is 13.2 Å². The lowest BCUT2D eigenvalue weighted by atomic mass is 10.0. The second-order valence-electron chi connectivity index (χ2n) is 5.88. The summed E-state index contributed by atoms with van der Waals surface area (Å²) in [4.78, 5) is 22.0. The first kappa shape index (κ1) is 17.2. The minimum atomic E-state index is -4.45. The van der Waals surface area contributed by atoms with Crippen LogP contribution in [0.2, 0.25) is 0 Å². The molecule has 0 atom stereocenters. The van der Waals surface area contributed by atoms with Gasteiger partial charge >= 0.3 is 6.18 Å². The Bertz CT molecular complexity index is 728. The number of anilines is 1. The molecule has 0 unspecified atom stereocenters. The standard InChI is InChI=1S/C17H17F3N4O/c18-17(19,20)13-3-1-2-12(10-13)16(25)24-8-5-14(6-9-24)23-15-4-7-21-11-22-15/h1-4,7,10-11,14H,5-6,8-9H2,(H,21,22,23). The summed E-state index contributed by atoms with van der Waals surface area (Å²) in [5, 5.41) is 3.27. The smallest absolute Gasteiger partial charge is 0.367 e. The molecule has 3 rings (SSSR count). The van der Waals surface area contributed by atoms with Crippen LogP contribution in [-0.2, 0) is 6.18 Å². The summed E-state index contributed by atoms with van der Waals surface area (Å²) < 4.78 is 38.4. The van der Waals surface area contributed by atoms with E-state index in [0.717, 1.165) is 18.0 Å². The number of carbonyl (C=O) groups excluding carboxylic acids is 1. The van der Waals surface area contributed by atoms with Crippen LogP contribution in [0.25, 0.3) is 0 Å². The fourth-order valence-corrected chi connectivity index (χ4v) is 2.82. The Morgan fingerprint density at radius 2 is 1.96 bits per heavy atom.